The largest absolute Gasteiger partial charge is 0.497 e. The van der Waals surface area contributed by atoms with Crippen molar-refractivity contribution in [3.63, 3.8) is 0 Å². The van der Waals surface area contributed by atoms with Gasteiger partial charge in [-0.25, -0.2) is 8.42 Å². The number of hydrogen-bond donors (Lipinski definition) is 3. The molecule has 3 N–H and O–H groups in total. The number of amides is 1. The third-order valence-electron chi connectivity index (χ3n) is 3.89. The van der Waals surface area contributed by atoms with E-state index in [0.29, 0.717) is 23.5 Å². The number of ether oxygens (including phenoxy) is 1. The summed E-state index contributed by atoms with van der Waals surface area (Å²) >= 11 is 0. The van der Waals surface area contributed by atoms with Crippen LogP contribution in [0.3, 0.4) is 0 Å². The Kier molecular flexibility index (Phi) is 9.24. The summed E-state index contributed by atoms with van der Waals surface area (Å²) < 4.78 is 32.5. The fourth-order valence-electron chi connectivity index (χ4n) is 2.43. The first-order valence-corrected chi connectivity index (χ1v) is 10.1. The Morgan fingerprint density at radius 1 is 1.07 bits per heavy atom. The molecule has 0 fully saturated rings. The summed E-state index contributed by atoms with van der Waals surface area (Å²) in [6.07, 6.45) is 0. The molecule has 0 aliphatic rings. The van der Waals surface area contributed by atoms with Crippen LogP contribution in [0.1, 0.15) is 24.2 Å². The number of anilines is 1. The van der Waals surface area contributed by atoms with E-state index < -0.39 is 10.0 Å². The maximum atomic E-state index is 12.5. The molecule has 0 bridgehead atoms. The number of methoxy groups -OCH3 is 1. The Labute approximate surface area is 172 Å². The number of rotatable bonds is 9. The zero-order valence-corrected chi connectivity index (χ0v) is 17.7. The van der Waals surface area contributed by atoms with Crippen LogP contribution in [-0.2, 0) is 10.0 Å². The van der Waals surface area contributed by atoms with Gasteiger partial charge in [0.25, 0.3) is 15.9 Å². The number of carbonyl (C=O) groups excluding carboxylic acids is 1. The summed E-state index contributed by atoms with van der Waals surface area (Å²) in [5, 5.41) is 6.02. The number of halogens is 1. The van der Waals surface area contributed by atoms with Gasteiger partial charge in [0.05, 0.1) is 12.0 Å². The van der Waals surface area contributed by atoms with Gasteiger partial charge in [-0.3, -0.25) is 9.52 Å². The summed E-state index contributed by atoms with van der Waals surface area (Å²) in [7, 11) is -2.20. The number of hydrogen-bond acceptors (Lipinski definition) is 5. The van der Waals surface area contributed by atoms with Crippen molar-refractivity contribution >= 4 is 34.0 Å². The highest BCUT2D eigenvalue weighted by Gasteiger charge is 2.15. The summed E-state index contributed by atoms with van der Waals surface area (Å²) in [6.45, 7) is 5.29. The molecule has 7 nitrogen and oxygen atoms in total. The molecule has 1 amide bonds. The van der Waals surface area contributed by atoms with E-state index in [9.17, 15) is 13.2 Å². The molecule has 9 heteroatoms. The monoisotopic (exact) mass is 427 g/mol. The van der Waals surface area contributed by atoms with Crippen LogP contribution in [0.4, 0.5) is 5.69 Å². The van der Waals surface area contributed by atoms with Crippen LogP contribution in [0.5, 0.6) is 5.75 Å². The lowest BCUT2D eigenvalue weighted by Gasteiger charge is -2.13. The maximum Gasteiger partial charge on any atom is 0.261 e. The van der Waals surface area contributed by atoms with Crippen molar-refractivity contribution in [1.82, 2.24) is 10.6 Å². The molecule has 154 valence electrons. The van der Waals surface area contributed by atoms with Crippen molar-refractivity contribution in [3.05, 3.63) is 54.1 Å². The van der Waals surface area contributed by atoms with Crippen LogP contribution < -0.4 is 20.1 Å². The number of likely N-dealkylation sites (N-methyl/N-ethyl adjacent to an activating group) is 1. The van der Waals surface area contributed by atoms with Crippen LogP contribution in [0.15, 0.2) is 53.4 Å². The molecular weight excluding hydrogens is 402 g/mol. The van der Waals surface area contributed by atoms with E-state index in [1.165, 1.54) is 31.4 Å². The molecule has 0 unspecified atom stereocenters. The number of nitrogens with one attached hydrogen (secondary N) is 3. The number of benzene rings is 2. The van der Waals surface area contributed by atoms with Gasteiger partial charge in [-0.05, 0) is 62.0 Å². The lowest BCUT2D eigenvalue weighted by atomic mass is 10.2. The average molecular weight is 428 g/mol. The van der Waals surface area contributed by atoms with E-state index in [0.717, 1.165) is 6.54 Å². The third kappa shape index (κ3) is 6.70. The average Bonchev–Trinajstić information content (AvgIpc) is 2.67. The first-order chi connectivity index (χ1) is 12.9. The van der Waals surface area contributed by atoms with Crippen molar-refractivity contribution in [1.29, 1.82) is 0 Å². The molecule has 2 aromatic rings. The van der Waals surface area contributed by atoms with E-state index in [1.54, 1.807) is 24.3 Å². The highest BCUT2D eigenvalue weighted by atomic mass is 35.5. The Hall–Kier alpha value is -2.29. The Balaban J connectivity index is 0.00000392. The second kappa shape index (κ2) is 10.9. The molecule has 0 aliphatic heterocycles. The lowest BCUT2D eigenvalue weighted by Crippen LogP contribution is -2.38. The van der Waals surface area contributed by atoms with E-state index in [1.807, 2.05) is 13.8 Å². The molecule has 2 rings (SSSR count). The van der Waals surface area contributed by atoms with Gasteiger partial charge in [0.1, 0.15) is 5.75 Å². The molecule has 0 saturated heterocycles. The predicted molar refractivity (Wildman–Crippen MR) is 113 cm³/mol. The van der Waals surface area contributed by atoms with Gasteiger partial charge in [-0.1, -0.05) is 6.92 Å². The van der Waals surface area contributed by atoms with Crippen LogP contribution in [-0.4, -0.2) is 40.6 Å². The second-order valence-corrected chi connectivity index (χ2v) is 7.71. The van der Waals surface area contributed by atoms with Crippen LogP contribution in [0, 0.1) is 0 Å². The SMILES string of the molecule is CCN[C@H](C)CNC(=O)c1ccc(S(=O)(=O)Nc2ccc(OC)cc2)cc1.Cl. The number of carbonyl (C=O) groups is 1. The Bertz CT molecular complexity index is 856. The maximum absolute atomic E-state index is 12.5. The molecule has 0 saturated carbocycles. The molecule has 28 heavy (non-hydrogen) atoms. The third-order valence-corrected chi connectivity index (χ3v) is 5.29. The quantitative estimate of drug-likeness (QED) is 0.571. The smallest absolute Gasteiger partial charge is 0.261 e. The normalized spacial score (nSPS) is 11.8. The van der Waals surface area contributed by atoms with E-state index in [-0.39, 0.29) is 29.3 Å². The fourth-order valence-corrected chi connectivity index (χ4v) is 3.49. The van der Waals surface area contributed by atoms with Crippen molar-refractivity contribution in [2.45, 2.75) is 24.8 Å². The van der Waals surface area contributed by atoms with Gasteiger partial charge in [-0.2, -0.15) is 0 Å². The van der Waals surface area contributed by atoms with Crippen LogP contribution >= 0.6 is 12.4 Å². The molecule has 0 aromatic heterocycles. The highest BCUT2D eigenvalue weighted by Crippen LogP contribution is 2.19. The zero-order valence-electron chi connectivity index (χ0n) is 16.1. The number of sulfonamides is 1. The first kappa shape index (κ1) is 23.7. The van der Waals surface area contributed by atoms with Crippen molar-refractivity contribution < 1.29 is 17.9 Å². The fraction of sp³-hybridized carbons (Fsp3) is 0.316. The second-order valence-electron chi connectivity index (χ2n) is 6.03. The standard InChI is InChI=1S/C19H25N3O4S.ClH/c1-4-20-14(2)13-21-19(23)15-5-11-18(12-6-15)27(24,25)22-16-7-9-17(26-3)10-8-16;/h5-12,14,20,22H,4,13H2,1-3H3,(H,21,23);1H/t14-;/m1./s1. The van der Waals surface area contributed by atoms with Gasteiger partial charge in [0.2, 0.25) is 0 Å². The van der Waals surface area contributed by atoms with Gasteiger partial charge in [-0.15, -0.1) is 12.4 Å². The van der Waals surface area contributed by atoms with E-state index in [2.05, 4.69) is 15.4 Å². The summed E-state index contributed by atoms with van der Waals surface area (Å²) in [6, 6.07) is 12.5. The summed E-state index contributed by atoms with van der Waals surface area (Å²) in [5.74, 6) is 0.392. The highest BCUT2D eigenvalue weighted by molar-refractivity contribution is 7.92. The van der Waals surface area contributed by atoms with Gasteiger partial charge in [0, 0.05) is 23.8 Å². The predicted octanol–water partition coefficient (Wildman–Crippen LogP) is 2.65. The van der Waals surface area contributed by atoms with Crippen molar-refractivity contribution in [3.8, 4) is 5.75 Å². The molecule has 1 atom stereocenters. The first-order valence-electron chi connectivity index (χ1n) is 8.64. The topological polar surface area (TPSA) is 96.5 Å². The van der Waals surface area contributed by atoms with E-state index in [4.69, 9.17) is 4.74 Å². The van der Waals surface area contributed by atoms with Gasteiger partial charge in [0.15, 0.2) is 0 Å². The molecule has 0 spiro atoms. The van der Waals surface area contributed by atoms with Crippen LogP contribution in [0.25, 0.3) is 0 Å². The minimum absolute atomic E-state index is 0. The van der Waals surface area contributed by atoms with Gasteiger partial charge >= 0.3 is 0 Å². The van der Waals surface area contributed by atoms with Gasteiger partial charge < -0.3 is 15.4 Å². The summed E-state index contributed by atoms with van der Waals surface area (Å²) in [4.78, 5) is 12.2. The minimum atomic E-state index is -3.74. The zero-order chi connectivity index (χ0) is 19.9. The molecule has 0 radical (unpaired) electrons. The van der Waals surface area contributed by atoms with Crippen LogP contribution in [0.2, 0.25) is 0 Å². The Morgan fingerprint density at radius 2 is 1.68 bits per heavy atom. The molecule has 2 aromatic carbocycles. The van der Waals surface area contributed by atoms with Crippen molar-refractivity contribution in [2.75, 3.05) is 24.9 Å². The Morgan fingerprint density at radius 3 is 2.21 bits per heavy atom. The minimum Gasteiger partial charge on any atom is -0.497 e. The molecular formula is C19H26ClN3O4S. The molecule has 0 heterocycles. The molecule has 0 aliphatic carbocycles. The summed E-state index contributed by atoms with van der Waals surface area (Å²) in [5.41, 5.74) is 0.831. The van der Waals surface area contributed by atoms with Crippen molar-refractivity contribution in [2.24, 2.45) is 0 Å². The van der Waals surface area contributed by atoms with E-state index >= 15 is 0 Å². The lowest BCUT2D eigenvalue weighted by molar-refractivity contribution is 0.0950.